The van der Waals surface area contributed by atoms with Crippen molar-refractivity contribution in [3.63, 3.8) is 0 Å². The zero-order valence-electron chi connectivity index (χ0n) is 14.9. The summed E-state index contributed by atoms with van der Waals surface area (Å²) in [5.74, 6) is 0.608. The second-order valence-corrected chi connectivity index (χ2v) is 6.61. The van der Waals surface area contributed by atoms with Crippen LogP contribution in [0.15, 0.2) is 0 Å². The Morgan fingerprint density at radius 1 is 1.17 bits per heavy atom. The largest absolute Gasteiger partial charge is 0.379 e. The van der Waals surface area contributed by atoms with Gasteiger partial charge in [-0.05, 0) is 12.8 Å². The van der Waals surface area contributed by atoms with Gasteiger partial charge in [-0.1, -0.05) is 26.7 Å². The van der Waals surface area contributed by atoms with Gasteiger partial charge in [-0.15, -0.1) is 0 Å². The van der Waals surface area contributed by atoms with Crippen LogP contribution in [0.1, 0.15) is 33.6 Å². The van der Waals surface area contributed by atoms with Gasteiger partial charge in [-0.3, -0.25) is 4.90 Å². The minimum atomic E-state index is 0.0457. The highest BCUT2D eigenvalue weighted by Crippen LogP contribution is 2.19. The molecular weight excluding hydrogens is 294 g/mol. The molecule has 6 heteroatoms. The normalized spacial score (nSPS) is 24.7. The lowest BCUT2D eigenvalue weighted by atomic mass is 9.92. The van der Waals surface area contributed by atoms with Gasteiger partial charge in [0.25, 0.3) is 0 Å². The summed E-state index contributed by atoms with van der Waals surface area (Å²) >= 11 is 0. The maximum absolute atomic E-state index is 12.4. The summed E-state index contributed by atoms with van der Waals surface area (Å²) in [6.45, 7) is 12.7. The van der Waals surface area contributed by atoms with Gasteiger partial charge in [0.2, 0.25) is 0 Å². The van der Waals surface area contributed by atoms with Crippen LogP contribution in [0.4, 0.5) is 4.79 Å². The third-order valence-corrected chi connectivity index (χ3v) is 5.10. The Morgan fingerprint density at radius 2 is 1.87 bits per heavy atom. The second-order valence-electron chi connectivity index (χ2n) is 6.61. The molecule has 0 aliphatic carbocycles. The molecule has 0 spiro atoms. The predicted octanol–water partition coefficient (Wildman–Crippen LogP) is 1.55. The molecule has 2 saturated heterocycles. The first-order valence-corrected chi connectivity index (χ1v) is 9.11. The van der Waals surface area contributed by atoms with Crippen molar-refractivity contribution >= 4 is 6.03 Å². The molecule has 2 atom stereocenters. The van der Waals surface area contributed by atoms with E-state index in [1.54, 1.807) is 0 Å². The number of hydrogen-bond donors (Lipinski definition) is 1. The number of amides is 2. The molecular formula is C17H33N3O3. The summed E-state index contributed by atoms with van der Waals surface area (Å²) in [4.78, 5) is 16.8. The predicted molar refractivity (Wildman–Crippen MR) is 90.6 cm³/mol. The summed E-state index contributed by atoms with van der Waals surface area (Å²) < 4.78 is 11.0. The Balaban J connectivity index is 1.89. The number of carbonyl (C=O) groups excluding carboxylic acids is 1. The summed E-state index contributed by atoms with van der Waals surface area (Å²) in [7, 11) is 0. The van der Waals surface area contributed by atoms with Gasteiger partial charge in [0.05, 0.1) is 25.9 Å². The molecule has 0 bridgehead atoms. The van der Waals surface area contributed by atoms with E-state index in [1.807, 2.05) is 11.8 Å². The fourth-order valence-corrected chi connectivity index (χ4v) is 3.64. The van der Waals surface area contributed by atoms with E-state index in [2.05, 4.69) is 24.1 Å². The maximum Gasteiger partial charge on any atom is 0.317 e. The Morgan fingerprint density at radius 3 is 2.48 bits per heavy atom. The van der Waals surface area contributed by atoms with Crippen molar-refractivity contribution in [3.05, 3.63) is 0 Å². The number of rotatable bonds is 6. The highest BCUT2D eigenvalue weighted by Gasteiger charge is 2.28. The minimum absolute atomic E-state index is 0.0457. The lowest BCUT2D eigenvalue weighted by Gasteiger charge is -2.39. The van der Waals surface area contributed by atoms with E-state index in [-0.39, 0.29) is 12.1 Å². The molecule has 23 heavy (non-hydrogen) atoms. The zero-order valence-corrected chi connectivity index (χ0v) is 14.9. The van der Waals surface area contributed by atoms with Gasteiger partial charge in [0.15, 0.2) is 0 Å². The molecule has 2 fully saturated rings. The van der Waals surface area contributed by atoms with Crippen molar-refractivity contribution in [1.29, 1.82) is 0 Å². The second kappa shape index (κ2) is 9.45. The van der Waals surface area contributed by atoms with Crippen LogP contribution >= 0.6 is 0 Å². The van der Waals surface area contributed by atoms with Crippen LogP contribution in [0.2, 0.25) is 0 Å². The third-order valence-electron chi connectivity index (χ3n) is 5.10. The van der Waals surface area contributed by atoms with E-state index in [0.717, 1.165) is 45.7 Å². The van der Waals surface area contributed by atoms with Crippen LogP contribution in [0, 0.1) is 5.92 Å². The molecule has 2 rings (SSSR count). The van der Waals surface area contributed by atoms with Crippen molar-refractivity contribution < 1.29 is 14.3 Å². The summed E-state index contributed by atoms with van der Waals surface area (Å²) in [5.41, 5.74) is 0. The van der Waals surface area contributed by atoms with E-state index >= 15 is 0 Å². The Bertz CT molecular complexity index is 357. The van der Waals surface area contributed by atoms with Gasteiger partial charge in [0.1, 0.15) is 0 Å². The highest BCUT2D eigenvalue weighted by molar-refractivity contribution is 5.74. The zero-order chi connectivity index (χ0) is 16.7. The molecule has 0 aromatic heterocycles. The molecule has 134 valence electrons. The molecule has 0 aromatic carbocycles. The fourth-order valence-electron chi connectivity index (χ4n) is 3.64. The van der Waals surface area contributed by atoms with E-state index in [4.69, 9.17) is 9.47 Å². The highest BCUT2D eigenvalue weighted by atomic mass is 16.5. The first-order chi connectivity index (χ1) is 11.2. The van der Waals surface area contributed by atoms with E-state index in [0.29, 0.717) is 31.7 Å². The van der Waals surface area contributed by atoms with Gasteiger partial charge < -0.3 is 19.7 Å². The first-order valence-electron chi connectivity index (χ1n) is 9.11. The summed E-state index contributed by atoms with van der Waals surface area (Å²) in [6, 6.07) is 0.445. The quantitative estimate of drug-likeness (QED) is 0.804. The number of morpholine rings is 2. The molecule has 2 heterocycles. The Labute approximate surface area is 140 Å². The van der Waals surface area contributed by atoms with Crippen LogP contribution in [0.5, 0.6) is 0 Å². The third kappa shape index (κ3) is 5.33. The number of urea groups is 1. The Hall–Kier alpha value is -0.850. The van der Waals surface area contributed by atoms with Crippen LogP contribution in [-0.2, 0) is 9.47 Å². The standard InChI is InChI=1S/C17H33N3O3/c1-4-15(5-2)16(19-6-9-22-10-7-19)12-18-17(21)20-8-11-23-14(3)13-20/h14-16H,4-13H2,1-3H3,(H,18,21). The molecule has 2 unspecified atom stereocenters. The molecule has 1 N–H and O–H groups in total. The number of hydrogen-bond acceptors (Lipinski definition) is 4. The van der Waals surface area contributed by atoms with Gasteiger partial charge in [0, 0.05) is 38.8 Å². The SMILES string of the molecule is CCC(CC)C(CNC(=O)N1CCOC(C)C1)N1CCOCC1. The maximum atomic E-state index is 12.4. The van der Waals surface area contributed by atoms with Crippen molar-refractivity contribution in [1.82, 2.24) is 15.1 Å². The van der Waals surface area contributed by atoms with Crippen LogP contribution in [-0.4, -0.2) is 80.5 Å². The van der Waals surface area contributed by atoms with Crippen molar-refractivity contribution in [2.45, 2.75) is 45.8 Å². The molecule has 0 radical (unpaired) electrons. The van der Waals surface area contributed by atoms with Crippen molar-refractivity contribution in [3.8, 4) is 0 Å². The van der Waals surface area contributed by atoms with Crippen LogP contribution in [0.25, 0.3) is 0 Å². The Kier molecular flexibility index (Phi) is 7.59. The number of nitrogens with zero attached hydrogens (tertiary/aromatic N) is 2. The minimum Gasteiger partial charge on any atom is -0.379 e. The van der Waals surface area contributed by atoms with E-state index < -0.39 is 0 Å². The molecule has 2 aliphatic heterocycles. The average Bonchev–Trinajstić information content (AvgIpc) is 2.59. The fraction of sp³-hybridized carbons (Fsp3) is 0.941. The molecule has 0 aromatic rings. The lowest BCUT2D eigenvalue weighted by molar-refractivity contribution is -0.00695. The molecule has 2 amide bonds. The first kappa shape index (κ1) is 18.5. The van der Waals surface area contributed by atoms with Gasteiger partial charge >= 0.3 is 6.03 Å². The van der Waals surface area contributed by atoms with E-state index in [9.17, 15) is 4.79 Å². The number of carbonyl (C=O) groups is 1. The number of nitrogens with one attached hydrogen (secondary N) is 1. The molecule has 6 nitrogen and oxygen atoms in total. The van der Waals surface area contributed by atoms with E-state index in [1.165, 1.54) is 0 Å². The van der Waals surface area contributed by atoms with Gasteiger partial charge in [-0.2, -0.15) is 0 Å². The monoisotopic (exact) mass is 327 g/mol. The lowest BCUT2D eigenvalue weighted by Crippen LogP contribution is -2.55. The van der Waals surface area contributed by atoms with Crippen molar-refractivity contribution in [2.24, 2.45) is 5.92 Å². The van der Waals surface area contributed by atoms with Crippen LogP contribution < -0.4 is 5.32 Å². The topological polar surface area (TPSA) is 54.0 Å². The summed E-state index contributed by atoms with van der Waals surface area (Å²) in [5, 5.41) is 3.17. The number of ether oxygens (including phenoxy) is 2. The van der Waals surface area contributed by atoms with Crippen LogP contribution in [0.3, 0.4) is 0 Å². The molecule has 2 aliphatic rings. The molecule has 0 saturated carbocycles. The summed E-state index contributed by atoms with van der Waals surface area (Å²) in [6.07, 6.45) is 2.41. The smallest absolute Gasteiger partial charge is 0.317 e. The van der Waals surface area contributed by atoms with Gasteiger partial charge in [-0.25, -0.2) is 4.79 Å². The van der Waals surface area contributed by atoms with Crippen molar-refractivity contribution in [2.75, 3.05) is 52.5 Å². The average molecular weight is 327 g/mol.